The Morgan fingerprint density at radius 1 is 0.561 bits per heavy atom. The van der Waals surface area contributed by atoms with Crippen LogP contribution < -0.4 is 5.32 Å². The first kappa shape index (κ1) is 35.3. The topological polar surface area (TPSA) is 108 Å². The highest BCUT2D eigenvalue weighted by atomic mass is 16.5. The van der Waals surface area contributed by atoms with Crippen LogP contribution in [0.3, 0.4) is 0 Å². The number of hydrogen-bond donors (Lipinski definition) is 1. The van der Waals surface area contributed by atoms with Gasteiger partial charge in [-0.05, 0) is 24.0 Å². The lowest BCUT2D eigenvalue weighted by molar-refractivity contribution is -0.145. The molecule has 0 bridgehead atoms. The van der Waals surface area contributed by atoms with Crippen LogP contribution in [0.25, 0.3) is 0 Å². The average molecular weight is 570 g/mol. The fourth-order valence-corrected chi connectivity index (χ4v) is 3.78. The van der Waals surface area contributed by atoms with E-state index in [1.807, 2.05) is 74.5 Å². The highest BCUT2D eigenvalue weighted by molar-refractivity contribution is 5.86. The molecule has 0 atom stereocenters. The highest BCUT2D eigenvalue weighted by Gasteiger charge is 2.10. The van der Waals surface area contributed by atoms with Crippen LogP contribution in [0.4, 0.5) is 4.79 Å². The summed E-state index contributed by atoms with van der Waals surface area (Å²) in [7, 11) is 0. The number of nitrogens with one attached hydrogen (secondary N) is 1. The number of rotatable bonds is 20. The Balaban J connectivity index is 0.00000411. The largest absolute Gasteiger partial charge is 0.466 e. The van der Waals surface area contributed by atoms with Crippen LogP contribution in [0.5, 0.6) is 0 Å². The minimum atomic E-state index is -0.672. The zero-order valence-corrected chi connectivity index (χ0v) is 24.7. The SMILES string of the molecule is CC.O=C(CCC(=O)OCCCCCCCCCCC(=O)OCc1ccccc1)CNC(=O)OCc1ccccc1. The summed E-state index contributed by atoms with van der Waals surface area (Å²) in [5.41, 5.74) is 1.85. The maximum absolute atomic E-state index is 11.9. The van der Waals surface area contributed by atoms with Crippen molar-refractivity contribution in [2.45, 2.75) is 97.7 Å². The molecule has 0 aliphatic rings. The van der Waals surface area contributed by atoms with Crippen molar-refractivity contribution in [3.8, 4) is 0 Å². The summed E-state index contributed by atoms with van der Waals surface area (Å²) in [4.78, 5) is 47.2. The zero-order chi connectivity index (χ0) is 30.0. The average Bonchev–Trinajstić information content (AvgIpc) is 3.01. The van der Waals surface area contributed by atoms with Crippen molar-refractivity contribution >= 4 is 23.8 Å². The molecule has 0 unspecified atom stereocenters. The second-order valence-corrected chi connectivity index (χ2v) is 9.40. The van der Waals surface area contributed by atoms with E-state index in [1.54, 1.807) is 0 Å². The predicted octanol–water partition coefficient (Wildman–Crippen LogP) is 7.09. The van der Waals surface area contributed by atoms with Crippen molar-refractivity contribution in [2.24, 2.45) is 0 Å². The van der Waals surface area contributed by atoms with E-state index in [2.05, 4.69) is 5.32 Å². The minimum absolute atomic E-state index is 0.000621. The summed E-state index contributed by atoms with van der Waals surface area (Å²) in [6.07, 6.45) is 7.83. The normalized spacial score (nSPS) is 10.1. The van der Waals surface area contributed by atoms with Gasteiger partial charge in [-0.2, -0.15) is 0 Å². The van der Waals surface area contributed by atoms with Crippen LogP contribution in [-0.2, 0) is 41.8 Å². The van der Waals surface area contributed by atoms with E-state index in [0.717, 1.165) is 62.5 Å². The van der Waals surface area contributed by atoms with Gasteiger partial charge in [0.15, 0.2) is 5.78 Å². The monoisotopic (exact) mass is 569 g/mol. The van der Waals surface area contributed by atoms with Crippen LogP contribution in [-0.4, -0.2) is 37.0 Å². The maximum Gasteiger partial charge on any atom is 0.407 e. The third-order valence-corrected chi connectivity index (χ3v) is 6.03. The van der Waals surface area contributed by atoms with Crippen molar-refractivity contribution in [1.82, 2.24) is 5.32 Å². The van der Waals surface area contributed by atoms with Crippen LogP contribution in [0.15, 0.2) is 60.7 Å². The number of alkyl carbamates (subject to hydrolysis) is 1. The van der Waals surface area contributed by atoms with Gasteiger partial charge in [0.1, 0.15) is 13.2 Å². The molecule has 8 heteroatoms. The lowest BCUT2D eigenvalue weighted by Gasteiger charge is -2.07. The molecular weight excluding hydrogens is 522 g/mol. The molecule has 2 rings (SSSR count). The number of ketones is 1. The zero-order valence-electron chi connectivity index (χ0n) is 24.7. The molecule has 0 aliphatic carbocycles. The Morgan fingerprint density at radius 2 is 1.05 bits per heavy atom. The number of benzene rings is 2. The van der Waals surface area contributed by atoms with E-state index >= 15 is 0 Å². The van der Waals surface area contributed by atoms with Gasteiger partial charge < -0.3 is 19.5 Å². The molecule has 0 saturated heterocycles. The molecule has 2 aromatic carbocycles. The number of hydrogen-bond acceptors (Lipinski definition) is 7. The minimum Gasteiger partial charge on any atom is -0.466 e. The number of esters is 2. The number of unbranched alkanes of at least 4 members (excludes halogenated alkanes) is 7. The van der Waals surface area contributed by atoms with E-state index in [9.17, 15) is 19.2 Å². The molecule has 226 valence electrons. The predicted molar refractivity (Wildman–Crippen MR) is 159 cm³/mol. The lowest BCUT2D eigenvalue weighted by Crippen LogP contribution is -2.30. The van der Waals surface area contributed by atoms with Gasteiger partial charge in [-0.15, -0.1) is 0 Å². The van der Waals surface area contributed by atoms with Gasteiger partial charge in [0.2, 0.25) is 0 Å². The fraction of sp³-hybridized carbons (Fsp3) is 0.515. The van der Waals surface area contributed by atoms with Crippen molar-refractivity contribution < 1.29 is 33.4 Å². The summed E-state index contributed by atoms with van der Waals surface area (Å²) < 4.78 is 15.5. The lowest BCUT2D eigenvalue weighted by atomic mass is 10.1. The molecule has 0 saturated carbocycles. The molecule has 0 heterocycles. The van der Waals surface area contributed by atoms with Gasteiger partial charge in [0.25, 0.3) is 0 Å². The quantitative estimate of drug-likeness (QED) is 0.103. The van der Waals surface area contributed by atoms with Gasteiger partial charge in [-0.1, -0.05) is 113 Å². The number of ether oxygens (including phenoxy) is 3. The molecule has 0 radical (unpaired) electrons. The fourth-order valence-electron chi connectivity index (χ4n) is 3.78. The van der Waals surface area contributed by atoms with Gasteiger partial charge in [-0.25, -0.2) is 4.79 Å². The van der Waals surface area contributed by atoms with Crippen molar-refractivity contribution in [2.75, 3.05) is 13.2 Å². The second-order valence-electron chi connectivity index (χ2n) is 9.40. The third-order valence-electron chi connectivity index (χ3n) is 6.03. The molecule has 0 fully saturated rings. The van der Waals surface area contributed by atoms with E-state index in [-0.39, 0.29) is 37.7 Å². The first-order valence-corrected chi connectivity index (χ1v) is 14.8. The summed E-state index contributed by atoms with van der Waals surface area (Å²) in [6.45, 7) is 4.63. The van der Waals surface area contributed by atoms with E-state index in [1.165, 1.54) is 0 Å². The second kappa shape index (κ2) is 24.1. The van der Waals surface area contributed by atoms with E-state index in [0.29, 0.717) is 19.6 Å². The summed E-state index contributed by atoms with van der Waals surface area (Å²) in [5.74, 6) is -0.807. The highest BCUT2D eigenvalue weighted by Crippen LogP contribution is 2.11. The molecule has 0 aromatic heterocycles. The van der Waals surface area contributed by atoms with Crippen molar-refractivity contribution in [1.29, 1.82) is 0 Å². The molecule has 1 N–H and O–H groups in total. The maximum atomic E-state index is 11.9. The van der Waals surface area contributed by atoms with Gasteiger partial charge in [-0.3, -0.25) is 14.4 Å². The van der Waals surface area contributed by atoms with E-state index < -0.39 is 12.1 Å². The number of carbonyl (C=O) groups excluding carboxylic acids is 4. The Labute approximate surface area is 245 Å². The van der Waals surface area contributed by atoms with Crippen molar-refractivity contribution in [3.05, 3.63) is 71.8 Å². The molecule has 41 heavy (non-hydrogen) atoms. The molecule has 2 aromatic rings. The van der Waals surface area contributed by atoms with Crippen LogP contribution in [0.2, 0.25) is 0 Å². The smallest absolute Gasteiger partial charge is 0.407 e. The molecule has 8 nitrogen and oxygen atoms in total. The summed E-state index contributed by atoms with van der Waals surface area (Å²) >= 11 is 0. The van der Waals surface area contributed by atoms with Gasteiger partial charge >= 0.3 is 18.0 Å². The first-order valence-electron chi connectivity index (χ1n) is 14.8. The van der Waals surface area contributed by atoms with Gasteiger partial charge in [0.05, 0.1) is 19.6 Å². The molecular formula is C33H47NO7. The van der Waals surface area contributed by atoms with Crippen LogP contribution in [0, 0.1) is 0 Å². The summed E-state index contributed by atoms with van der Waals surface area (Å²) in [5, 5.41) is 2.40. The number of carbonyl (C=O) groups is 4. The molecule has 1 amide bonds. The van der Waals surface area contributed by atoms with Gasteiger partial charge in [0, 0.05) is 12.8 Å². The molecule has 0 spiro atoms. The Kier molecular flexibility index (Phi) is 20.8. The van der Waals surface area contributed by atoms with Crippen LogP contribution >= 0.6 is 0 Å². The first-order chi connectivity index (χ1) is 20.0. The number of amides is 1. The number of Topliss-reactive ketones (excluding diaryl/α,β-unsaturated/α-hetero) is 1. The van der Waals surface area contributed by atoms with E-state index in [4.69, 9.17) is 14.2 Å². The van der Waals surface area contributed by atoms with Crippen LogP contribution in [0.1, 0.15) is 95.6 Å². The standard InChI is InChI=1S/C31H41NO7.C2H6/c33-28(23-32-31(36)39-25-27-17-11-8-12-18-27)20-21-30(35)37-22-14-6-4-2-1-3-5-13-19-29(34)38-24-26-15-9-7-10-16-26;1-2/h7-12,15-18H,1-6,13-14,19-25H2,(H,32,36);1-2H3. The Bertz CT molecular complexity index is 980. The Hall–Kier alpha value is -3.68. The third kappa shape index (κ3) is 19.9. The summed E-state index contributed by atoms with van der Waals surface area (Å²) in [6, 6.07) is 18.9. The molecule has 0 aliphatic heterocycles. The van der Waals surface area contributed by atoms with Crippen molar-refractivity contribution in [3.63, 3.8) is 0 Å². The Morgan fingerprint density at radius 3 is 1.63 bits per heavy atom.